The molecule has 2 amide bonds. The Hall–Kier alpha value is -3.58. The Morgan fingerprint density at radius 2 is 1.69 bits per heavy atom. The van der Waals surface area contributed by atoms with Gasteiger partial charge in [0.15, 0.2) is 0 Å². The second-order valence-corrected chi connectivity index (χ2v) is 8.97. The third-order valence-corrected chi connectivity index (χ3v) is 6.08. The molecule has 7 heteroatoms. The molecular weight excluding hydrogens is 420 g/mol. The lowest BCUT2D eigenvalue weighted by molar-refractivity contribution is -0.118. The van der Waals surface area contributed by atoms with Crippen molar-refractivity contribution in [1.82, 2.24) is 15.5 Å². The van der Waals surface area contributed by atoms with Gasteiger partial charge >= 0.3 is 0 Å². The minimum Gasteiger partial charge on any atom is -0.340 e. The SMILES string of the molecule is Cc1cccc(-c2nnc(NC(=O)C(NC(=O)c3cccc4ccccc34)C(C)C)s2)c1. The van der Waals surface area contributed by atoms with Crippen LogP contribution in [0.2, 0.25) is 0 Å². The molecule has 1 heterocycles. The number of aromatic nitrogens is 2. The molecule has 1 atom stereocenters. The molecule has 0 saturated heterocycles. The molecule has 4 rings (SSSR count). The largest absolute Gasteiger partial charge is 0.340 e. The number of rotatable bonds is 6. The summed E-state index contributed by atoms with van der Waals surface area (Å²) in [7, 11) is 0. The molecule has 0 bridgehead atoms. The standard InChI is InChI=1S/C25H24N4O2S/c1-15(2)21(26-22(30)20-13-7-10-17-9-4-5-12-19(17)20)23(31)27-25-29-28-24(32-25)18-11-6-8-16(3)14-18/h4-15,21H,1-3H3,(H,26,30)(H,27,29,31). The fraction of sp³-hybridized carbons (Fsp3) is 0.200. The van der Waals surface area contributed by atoms with Gasteiger partial charge in [-0.1, -0.05) is 85.3 Å². The van der Waals surface area contributed by atoms with Crippen molar-refractivity contribution in [1.29, 1.82) is 0 Å². The number of carbonyl (C=O) groups is 2. The maximum absolute atomic E-state index is 13.0. The Labute approximate surface area is 190 Å². The summed E-state index contributed by atoms with van der Waals surface area (Å²) in [6.07, 6.45) is 0. The zero-order valence-corrected chi connectivity index (χ0v) is 18.9. The number of fused-ring (bicyclic) bond motifs is 1. The first-order chi connectivity index (χ1) is 15.4. The molecular formula is C25H24N4O2S. The summed E-state index contributed by atoms with van der Waals surface area (Å²) >= 11 is 1.30. The summed E-state index contributed by atoms with van der Waals surface area (Å²) in [4.78, 5) is 26.0. The Bertz CT molecular complexity index is 1280. The highest BCUT2D eigenvalue weighted by molar-refractivity contribution is 7.18. The number of nitrogens with one attached hydrogen (secondary N) is 2. The van der Waals surface area contributed by atoms with Crippen LogP contribution in [0, 0.1) is 12.8 Å². The maximum atomic E-state index is 13.0. The van der Waals surface area contributed by atoms with Crippen molar-refractivity contribution in [3.05, 3.63) is 77.9 Å². The molecule has 0 spiro atoms. The molecule has 0 aliphatic heterocycles. The summed E-state index contributed by atoms with van der Waals surface area (Å²) in [5, 5.41) is 17.0. The van der Waals surface area contributed by atoms with Crippen LogP contribution in [0.25, 0.3) is 21.3 Å². The molecule has 1 unspecified atom stereocenters. The van der Waals surface area contributed by atoms with E-state index >= 15 is 0 Å². The van der Waals surface area contributed by atoms with Gasteiger partial charge in [0.25, 0.3) is 5.91 Å². The molecule has 0 fully saturated rings. The van der Waals surface area contributed by atoms with E-state index in [1.165, 1.54) is 11.3 Å². The van der Waals surface area contributed by atoms with Crippen molar-refractivity contribution in [2.75, 3.05) is 5.32 Å². The number of anilines is 1. The van der Waals surface area contributed by atoms with Crippen LogP contribution in [-0.4, -0.2) is 28.1 Å². The second-order valence-electron chi connectivity index (χ2n) is 7.99. The monoisotopic (exact) mass is 444 g/mol. The molecule has 4 aromatic rings. The lowest BCUT2D eigenvalue weighted by Crippen LogP contribution is -2.47. The molecule has 0 aliphatic carbocycles. The number of aryl methyl sites for hydroxylation is 1. The average molecular weight is 445 g/mol. The number of hydrogen-bond donors (Lipinski definition) is 2. The number of carbonyl (C=O) groups excluding carboxylic acids is 2. The Morgan fingerprint density at radius 3 is 2.47 bits per heavy atom. The van der Waals surface area contributed by atoms with Crippen molar-refractivity contribution in [3.8, 4) is 10.6 Å². The lowest BCUT2D eigenvalue weighted by atomic mass is 10.0. The molecule has 32 heavy (non-hydrogen) atoms. The van der Waals surface area contributed by atoms with Gasteiger partial charge in [-0.05, 0) is 35.7 Å². The highest BCUT2D eigenvalue weighted by Crippen LogP contribution is 2.27. The Morgan fingerprint density at radius 1 is 0.938 bits per heavy atom. The van der Waals surface area contributed by atoms with Crippen molar-refractivity contribution >= 4 is 39.1 Å². The maximum Gasteiger partial charge on any atom is 0.252 e. The van der Waals surface area contributed by atoms with Gasteiger partial charge in [-0.2, -0.15) is 0 Å². The number of benzene rings is 3. The van der Waals surface area contributed by atoms with Gasteiger partial charge in [-0.15, -0.1) is 10.2 Å². The summed E-state index contributed by atoms with van der Waals surface area (Å²) < 4.78 is 0. The van der Waals surface area contributed by atoms with Gasteiger partial charge in [0.1, 0.15) is 11.0 Å². The van der Waals surface area contributed by atoms with E-state index in [2.05, 4.69) is 20.8 Å². The molecule has 0 aliphatic rings. The van der Waals surface area contributed by atoms with Gasteiger partial charge in [-0.3, -0.25) is 14.9 Å². The van der Waals surface area contributed by atoms with E-state index in [1.54, 1.807) is 6.07 Å². The van der Waals surface area contributed by atoms with E-state index in [-0.39, 0.29) is 17.7 Å². The molecule has 1 aromatic heterocycles. The molecule has 2 N–H and O–H groups in total. The number of hydrogen-bond acceptors (Lipinski definition) is 5. The van der Waals surface area contributed by atoms with E-state index in [0.29, 0.717) is 10.7 Å². The van der Waals surface area contributed by atoms with Crippen molar-refractivity contribution in [2.45, 2.75) is 26.8 Å². The topological polar surface area (TPSA) is 84.0 Å². The summed E-state index contributed by atoms with van der Waals surface area (Å²) in [5.74, 6) is -0.716. The minimum absolute atomic E-state index is 0.113. The molecule has 0 radical (unpaired) electrons. The quantitative estimate of drug-likeness (QED) is 0.435. The van der Waals surface area contributed by atoms with Crippen LogP contribution in [0.5, 0.6) is 0 Å². The smallest absolute Gasteiger partial charge is 0.252 e. The zero-order chi connectivity index (χ0) is 22.7. The zero-order valence-electron chi connectivity index (χ0n) is 18.1. The van der Waals surface area contributed by atoms with Crippen LogP contribution in [0.15, 0.2) is 66.7 Å². The van der Waals surface area contributed by atoms with Crippen LogP contribution in [-0.2, 0) is 4.79 Å². The summed E-state index contributed by atoms with van der Waals surface area (Å²) in [5.41, 5.74) is 2.62. The first kappa shape index (κ1) is 21.6. The van der Waals surface area contributed by atoms with E-state index in [9.17, 15) is 9.59 Å². The normalized spacial score (nSPS) is 12.0. The Balaban J connectivity index is 1.50. The van der Waals surface area contributed by atoms with Gasteiger partial charge in [0, 0.05) is 11.1 Å². The average Bonchev–Trinajstić information content (AvgIpc) is 3.25. The predicted octanol–water partition coefficient (Wildman–Crippen LogP) is 5.06. The van der Waals surface area contributed by atoms with Crippen LogP contribution in [0.4, 0.5) is 5.13 Å². The first-order valence-electron chi connectivity index (χ1n) is 10.4. The van der Waals surface area contributed by atoms with Gasteiger partial charge in [0.2, 0.25) is 11.0 Å². The van der Waals surface area contributed by atoms with Crippen LogP contribution < -0.4 is 10.6 Å². The van der Waals surface area contributed by atoms with E-state index < -0.39 is 6.04 Å². The van der Waals surface area contributed by atoms with Crippen molar-refractivity contribution in [2.24, 2.45) is 5.92 Å². The number of amides is 2. The summed E-state index contributed by atoms with van der Waals surface area (Å²) in [6, 6.07) is 20.5. The van der Waals surface area contributed by atoms with E-state index in [1.807, 2.05) is 81.4 Å². The highest BCUT2D eigenvalue weighted by atomic mass is 32.1. The van der Waals surface area contributed by atoms with Gasteiger partial charge in [-0.25, -0.2) is 0 Å². The molecule has 3 aromatic carbocycles. The predicted molar refractivity (Wildman–Crippen MR) is 129 cm³/mol. The van der Waals surface area contributed by atoms with Crippen LogP contribution in [0.1, 0.15) is 29.8 Å². The van der Waals surface area contributed by atoms with Crippen LogP contribution >= 0.6 is 11.3 Å². The van der Waals surface area contributed by atoms with Gasteiger partial charge < -0.3 is 5.32 Å². The Kier molecular flexibility index (Phi) is 6.28. The molecule has 162 valence electrons. The van der Waals surface area contributed by atoms with Gasteiger partial charge in [0.05, 0.1) is 0 Å². The minimum atomic E-state index is -0.715. The fourth-order valence-electron chi connectivity index (χ4n) is 3.53. The first-order valence-corrected chi connectivity index (χ1v) is 11.2. The summed E-state index contributed by atoms with van der Waals surface area (Å²) in [6.45, 7) is 5.80. The molecule has 0 saturated carbocycles. The van der Waals surface area contributed by atoms with Crippen molar-refractivity contribution in [3.63, 3.8) is 0 Å². The van der Waals surface area contributed by atoms with E-state index in [0.717, 1.165) is 26.9 Å². The highest BCUT2D eigenvalue weighted by Gasteiger charge is 2.26. The second kappa shape index (κ2) is 9.28. The van der Waals surface area contributed by atoms with Crippen LogP contribution in [0.3, 0.4) is 0 Å². The van der Waals surface area contributed by atoms with Crippen molar-refractivity contribution < 1.29 is 9.59 Å². The fourth-order valence-corrected chi connectivity index (χ4v) is 4.27. The lowest BCUT2D eigenvalue weighted by Gasteiger charge is -2.21. The third-order valence-electron chi connectivity index (χ3n) is 5.19. The third kappa shape index (κ3) is 4.68. The number of nitrogens with zero attached hydrogens (tertiary/aromatic N) is 2. The molecule has 6 nitrogen and oxygen atoms in total. The van der Waals surface area contributed by atoms with E-state index in [4.69, 9.17) is 0 Å².